The molecule has 2 aromatic rings. The molecule has 7 heteroatoms. The Morgan fingerprint density at radius 3 is 2.85 bits per heavy atom. The van der Waals surface area contributed by atoms with E-state index in [1.165, 1.54) is 0 Å². The summed E-state index contributed by atoms with van der Waals surface area (Å²) in [5.74, 6) is 0.416. The number of hydrogen-bond donors (Lipinski definition) is 2. The number of carbonyl (C=O) groups is 1. The third-order valence-corrected chi connectivity index (χ3v) is 3.11. The van der Waals surface area contributed by atoms with E-state index in [9.17, 15) is 9.90 Å². The van der Waals surface area contributed by atoms with Crippen molar-refractivity contribution in [1.29, 1.82) is 0 Å². The van der Waals surface area contributed by atoms with E-state index in [4.69, 9.17) is 0 Å². The van der Waals surface area contributed by atoms with Gasteiger partial charge in [-0.2, -0.15) is 4.52 Å². The zero-order valence-electron chi connectivity index (χ0n) is 11.7. The molecule has 0 saturated carbocycles. The van der Waals surface area contributed by atoms with E-state index in [0.717, 1.165) is 25.1 Å². The van der Waals surface area contributed by atoms with Crippen LogP contribution in [-0.2, 0) is 11.2 Å². The van der Waals surface area contributed by atoms with Crippen LogP contribution in [-0.4, -0.2) is 36.9 Å². The molecule has 1 atom stereocenters. The Bertz CT molecular complexity index is 595. The molecule has 0 bridgehead atoms. The van der Waals surface area contributed by atoms with E-state index in [1.54, 1.807) is 16.6 Å². The van der Waals surface area contributed by atoms with Crippen molar-refractivity contribution in [3.63, 3.8) is 0 Å². The lowest BCUT2D eigenvalue weighted by Crippen LogP contribution is -2.29. The minimum absolute atomic E-state index is 0.524. The smallest absolute Gasteiger partial charge is 0.326 e. The molecule has 2 rings (SSSR count). The summed E-state index contributed by atoms with van der Waals surface area (Å²) in [5, 5.41) is 24.6. The van der Waals surface area contributed by atoms with E-state index in [1.807, 2.05) is 13.8 Å². The van der Waals surface area contributed by atoms with E-state index in [-0.39, 0.29) is 0 Å². The van der Waals surface area contributed by atoms with Crippen molar-refractivity contribution >= 4 is 17.4 Å². The molecule has 0 aliphatic carbocycles. The van der Waals surface area contributed by atoms with Crippen LogP contribution in [0.1, 0.15) is 38.9 Å². The second-order valence-corrected chi connectivity index (χ2v) is 4.64. The molecule has 0 saturated heterocycles. The van der Waals surface area contributed by atoms with Gasteiger partial charge in [0.2, 0.25) is 0 Å². The summed E-state index contributed by atoms with van der Waals surface area (Å²) >= 11 is 0. The Morgan fingerprint density at radius 2 is 2.20 bits per heavy atom. The number of aromatic nitrogens is 4. The number of fused-ring (bicyclic) bond motifs is 1. The fourth-order valence-electron chi connectivity index (χ4n) is 1.97. The van der Waals surface area contributed by atoms with Gasteiger partial charge in [0, 0.05) is 6.42 Å². The van der Waals surface area contributed by atoms with Gasteiger partial charge in [-0.15, -0.1) is 15.3 Å². The highest BCUT2D eigenvalue weighted by molar-refractivity contribution is 5.76. The van der Waals surface area contributed by atoms with Gasteiger partial charge in [-0.25, -0.2) is 4.79 Å². The molecule has 0 fully saturated rings. The van der Waals surface area contributed by atoms with Crippen molar-refractivity contribution in [2.75, 3.05) is 5.32 Å². The van der Waals surface area contributed by atoms with E-state index < -0.39 is 12.0 Å². The van der Waals surface area contributed by atoms with Gasteiger partial charge in [-0.05, 0) is 18.6 Å². The van der Waals surface area contributed by atoms with Crippen molar-refractivity contribution in [3.8, 4) is 0 Å². The Balaban J connectivity index is 2.20. The molecule has 0 aliphatic rings. The monoisotopic (exact) mass is 277 g/mol. The summed E-state index contributed by atoms with van der Waals surface area (Å²) in [4.78, 5) is 11.2. The average molecular weight is 277 g/mol. The molecular formula is C13H19N5O2. The quantitative estimate of drug-likeness (QED) is 0.801. The summed E-state index contributed by atoms with van der Waals surface area (Å²) in [7, 11) is 0. The van der Waals surface area contributed by atoms with Crippen molar-refractivity contribution < 1.29 is 9.90 Å². The number of unbranched alkanes of at least 4 members (excludes halogenated alkanes) is 1. The van der Waals surface area contributed by atoms with Crippen LogP contribution in [0, 0.1) is 0 Å². The molecule has 0 spiro atoms. The van der Waals surface area contributed by atoms with Crippen molar-refractivity contribution in [3.05, 3.63) is 18.0 Å². The topological polar surface area (TPSA) is 92.4 Å². The number of aryl methyl sites for hydroxylation is 1. The lowest BCUT2D eigenvalue weighted by atomic mass is 10.1. The molecule has 0 unspecified atom stereocenters. The summed E-state index contributed by atoms with van der Waals surface area (Å²) in [6, 6.07) is 2.88. The second kappa shape index (κ2) is 6.31. The van der Waals surface area contributed by atoms with Crippen LogP contribution in [0.2, 0.25) is 0 Å². The fourth-order valence-corrected chi connectivity index (χ4v) is 1.97. The number of aliphatic carboxylic acids is 1. The van der Waals surface area contributed by atoms with Crippen LogP contribution in [0.5, 0.6) is 0 Å². The van der Waals surface area contributed by atoms with Crippen LogP contribution >= 0.6 is 0 Å². The molecule has 7 nitrogen and oxygen atoms in total. The first kappa shape index (κ1) is 14.2. The predicted octanol–water partition coefficient (Wildman–Crippen LogP) is 1.74. The van der Waals surface area contributed by atoms with Crippen molar-refractivity contribution in [1.82, 2.24) is 19.8 Å². The maximum atomic E-state index is 11.2. The minimum atomic E-state index is -0.861. The van der Waals surface area contributed by atoms with Crippen molar-refractivity contribution in [2.24, 2.45) is 0 Å². The lowest BCUT2D eigenvalue weighted by Gasteiger charge is -2.14. The maximum Gasteiger partial charge on any atom is 0.326 e. The SMILES string of the molecule is CCCC[C@H](Nc1ccc2nnc(CC)n2n1)C(=O)O. The van der Waals surface area contributed by atoms with Gasteiger partial charge in [0.05, 0.1) is 0 Å². The average Bonchev–Trinajstić information content (AvgIpc) is 2.85. The molecule has 108 valence electrons. The zero-order chi connectivity index (χ0) is 14.5. The Morgan fingerprint density at radius 1 is 1.40 bits per heavy atom. The first-order chi connectivity index (χ1) is 9.65. The molecule has 2 aromatic heterocycles. The number of carboxylic acids is 1. The first-order valence-electron chi connectivity index (χ1n) is 6.86. The Hall–Kier alpha value is -2.18. The third-order valence-electron chi connectivity index (χ3n) is 3.11. The highest BCUT2D eigenvalue weighted by Crippen LogP contribution is 2.11. The van der Waals surface area contributed by atoms with Crippen LogP contribution in [0.15, 0.2) is 12.1 Å². The van der Waals surface area contributed by atoms with Crippen LogP contribution in [0.25, 0.3) is 5.65 Å². The maximum absolute atomic E-state index is 11.2. The number of carboxylic acid groups (broad SMARTS) is 1. The highest BCUT2D eigenvalue weighted by Gasteiger charge is 2.17. The number of anilines is 1. The van der Waals surface area contributed by atoms with Crippen molar-refractivity contribution in [2.45, 2.75) is 45.6 Å². The Labute approximate surface area is 117 Å². The van der Waals surface area contributed by atoms with Gasteiger partial charge >= 0.3 is 5.97 Å². The zero-order valence-corrected chi connectivity index (χ0v) is 11.7. The van der Waals surface area contributed by atoms with E-state index in [2.05, 4.69) is 20.6 Å². The first-order valence-corrected chi connectivity index (χ1v) is 6.86. The molecular weight excluding hydrogens is 258 g/mol. The lowest BCUT2D eigenvalue weighted by molar-refractivity contribution is -0.138. The number of hydrogen-bond acceptors (Lipinski definition) is 5. The largest absolute Gasteiger partial charge is 0.480 e. The summed E-state index contributed by atoms with van der Waals surface area (Å²) < 4.78 is 1.64. The fraction of sp³-hybridized carbons (Fsp3) is 0.538. The molecule has 20 heavy (non-hydrogen) atoms. The highest BCUT2D eigenvalue weighted by atomic mass is 16.4. The van der Waals surface area contributed by atoms with E-state index in [0.29, 0.717) is 17.9 Å². The Kier molecular flexibility index (Phi) is 4.49. The molecule has 0 aliphatic heterocycles. The standard InChI is InChI=1S/C13H19N5O2/c1-3-5-6-9(13(19)20)14-10-7-8-12-16-15-11(4-2)18(12)17-10/h7-9H,3-6H2,1-2H3,(H,14,17)(H,19,20)/t9-/m0/s1. The minimum Gasteiger partial charge on any atom is -0.480 e. The van der Waals surface area contributed by atoms with Gasteiger partial charge in [0.15, 0.2) is 11.5 Å². The van der Waals surface area contributed by atoms with Crippen LogP contribution < -0.4 is 5.32 Å². The number of nitrogens with one attached hydrogen (secondary N) is 1. The summed E-state index contributed by atoms with van der Waals surface area (Å²) in [6.07, 6.45) is 3.12. The molecule has 0 aromatic carbocycles. The predicted molar refractivity (Wildman–Crippen MR) is 74.7 cm³/mol. The van der Waals surface area contributed by atoms with Gasteiger partial charge < -0.3 is 10.4 Å². The molecule has 0 amide bonds. The van der Waals surface area contributed by atoms with Gasteiger partial charge in [-0.1, -0.05) is 26.7 Å². The van der Waals surface area contributed by atoms with Gasteiger partial charge in [-0.3, -0.25) is 0 Å². The van der Waals surface area contributed by atoms with Crippen LogP contribution in [0.3, 0.4) is 0 Å². The molecule has 2 N–H and O–H groups in total. The van der Waals surface area contributed by atoms with Gasteiger partial charge in [0.1, 0.15) is 11.9 Å². The summed E-state index contributed by atoms with van der Waals surface area (Å²) in [5.41, 5.74) is 0.660. The second-order valence-electron chi connectivity index (χ2n) is 4.64. The summed E-state index contributed by atoms with van der Waals surface area (Å²) in [6.45, 7) is 4.01. The third kappa shape index (κ3) is 3.04. The number of nitrogens with zero attached hydrogens (tertiary/aromatic N) is 4. The molecule has 0 radical (unpaired) electrons. The normalized spacial score (nSPS) is 12.5. The van der Waals surface area contributed by atoms with Gasteiger partial charge in [0.25, 0.3) is 0 Å². The van der Waals surface area contributed by atoms with E-state index >= 15 is 0 Å². The number of rotatable bonds is 7. The van der Waals surface area contributed by atoms with Crippen LogP contribution in [0.4, 0.5) is 5.82 Å². The molecule has 2 heterocycles.